The van der Waals surface area contributed by atoms with Gasteiger partial charge in [0.05, 0.1) is 18.6 Å². The van der Waals surface area contributed by atoms with Gasteiger partial charge in [0.1, 0.15) is 12.6 Å². The molecule has 0 aliphatic rings. The first-order valence-corrected chi connectivity index (χ1v) is 11.0. The number of methoxy groups -OCH3 is 1. The average Bonchev–Trinajstić information content (AvgIpc) is 2.81. The summed E-state index contributed by atoms with van der Waals surface area (Å²) in [7, 11) is -2.05. The number of phenolic OH excluding ortho intramolecular Hbond substituents is 1. The molecule has 0 spiro atoms. The summed E-state index contributed by atoms with van der Waals surface area (Å²) < 4.78 is 27.0. The number of benzene rings is 2. The third-order valence-electron chi connectivity index (χ3n) is 4.38. The lowest BCUT2D eigenvalue weighted by Crippen LogP contribution is -2.42. The van der Waals surface area contributed by atoms with Crippen LogP contribution in [0.1, 0.15) is 23.4 Å². The number of hydrogen-bond acceptors (Lipinski definition) is 10. The van der Waals surface area contributed by atoms with E-state index in [1.807, 2.05) is 6.07 Å². The lowest BCUT2D eigenvalue weighted by atomic mass is 10.2. The van der Waals surface area contributed by atoms with Crippen LogP contribution in [0.25, 0.3) is 0 Å². The van der Waals surface area contributed by atoms with Gasteiger partial charge in [-0.15, -0.1) is 0 Å². The molecule has 1 amide bonds. The molecule has 0 saturated carbocycles. The fourth-order valence-corrected chi connectivity index (χ4v) is 3.58. The number of esters is 1. The first kappa shape index (κ1) is 25.8. The number of phenols is 1. The summed E-state index contributed by atoms with van der Waals surface area (Å²) in [4.78, 5) is 34.0. The zero-order chi connectivity index (χ0) is 24.4. The van der Waals surface area contributed by atoms with E-state index in [1.54, 1.807) is 24.3 Å². The third-order valence-corrected chi connectivity index (χ3v) is 5.65. The quantitative estimate of drug-likeness (QED) is 0.187. The van der Waals surface area contributed by atoms with Crippen molar-refractivity contribution < 1.29 is 43.3 Å². The summed E-state index contributed by atoms with van der Waals surface area (Å²) in [5.74, 6) is -3.08. The predicted molar refractivity (Wildman–Crippen MR) is 115 cm³/mol. The van der Waals surface area contributed by atoms with Crippen LogP contribution in [0.3, 0.4) is 0 Å². The van der Waals surface area contributed by atoms with Gasteiger partial charge in [-0.2, -0.15) is 0 Å². The van der Waals surface area contributed by atoms with Gasteiger partial charge in [-0.1, -0.05) is 36.4 Å². The van der Waals surface area contributed by atoms with Gasteiger partial charge < -0.3 is 29.5 Å². The molecular weight excluding hydrogens is 459 g/mol. The Morgan fingerprint density at radius 2 is 1.91 bits per heavy atom. The normalized spacial score (nSPS) is 13.4. The Morgan fingerprint density at radius 3 is 2.55 bits per heavy atom. The van der Waals surface area contributed by atoms with E-state index in [9.17, 15) is 34.5 Å². The van der Waals surface area contributed by atoms with Crippen molar-refractivity contribution in [2.75, 3.05) is 13.7 Å². The van der Waals surface area contributed by atoms with E-state index in [0.717, 1.165) is 24.8 Å². The van der Waals surface area contributed by atoms with Crippen molar-refractivity contribution in [2.24, 2.45) is 0 Å². The summed E-state index contributed by atoms with van der Waals surface area (Å²) in [5.41, 5.74) is -0.00602. The number of nitrogens with zero attached hydrogens (tertiary/aromatic N) is 1. The molecule has 2 unspecified atom stereocenters. The SMILES string of the molecule is COC(=O)[C@H](CCO[PH](=O)C(O)c1ccc(O)c([N+](=O)[O-])c1)NC(=O)OCc1ccccc1. The number of nitro groups is 1. The van der Waals surface area contributed by atoms with Crippen LogP contribution in [0.4, 0.5) is 10.5 Å². The van der Waals surface area contributed by atoms with Crippen LogP contribution in [0.5, 0.6) is 5.75 Å². The van der Waals surface area contributed by atoms with Crippen molar-refractivity contribution in [1.29, 1.82) is 0 Å². The van der Waals surface area contributed by atoms with E-state index in [0.29, 0.717) is 0 Å². The molecule has 0 heterocycles. The number of carbonyl (C=O) groups is 2. The molecule has 33 heavy (non-hydrogen) atoms. The predicted octanol–water partition coefficient (Wildman–Crippen LogP) is 2.64. The van der Waals surface area contributed by atoms with Crippen LogP contribution in [-0.2, 0) is 30.0 Å². The Labute approximate surface area is 189 Å². The van der Waals surface area contributed by atoms with Crippen LogP contribution in [0.2, 0.25) is 0 Å². The zero-order valence-corrected chi connectivity index (χ0v) is 18.5. The van der Waals surface area contributed by atoms with Gasteiger partial charge in [0, 0.05) is 12.5 Å². The monoisotopic (exact) mass is 482 g/mol. The Hall–Kier alpha value is -3.47. The summed E-state index contributed by atoms with van der Waals surface area (Å²) in [6.45, 7) is -0.330. The smallest absolute Gasteiger partial charge is 0.408 e. The van der Waals surface area contributed by atoms with Crippen molar-refractivity contribution in [1.82, 2.24) is 5.32 Å². The minimum absolute atomic E-state index is 0.0181. The number of rotatable bonds is 11. The Bertz CT molecular complexity index is 1000. The number of hydrogen-bond donors (Lipinski definition) is 3. The molecule has 2 aromatic carbocycles. The number of nitrogens with one attached hydrogen (secondary N) is 1. The number of ether oxygens (including phenoxy) is 2. The van der Waals surface area contributed by atoms with Crippen LogP contribution in [0, 0.1) is 10.1 Å². The number of aliphatic hydroxyl groups is 1. The van der Waals surface area contributed by atoms with Gasteiger partial charge in [0.25, 0.3) is 0 Å². The van der Waals surface area contributed by atoms with E-state index in [4.69, 9.17) is 9.26 Å². The van der Waals surface area contributed by atoms with Gasteiger partial charge in [-0.25, -0.2) is 9.59 Å². The van der Waals surface area contributed by atoms with Gasteiger partial charge in [-0.05, 0) is 17.2 Å². The van der Waals surface area contributed by atoms with Crippen LogP contribution in [-0.4, -0.2) is 47.0 Å². The van der Waals surface area contributed by atoms with Crippen molar-refractivity contribution in [2.45, 2.75) is 24.9 Å². The second kappa shape index (κ2) is 12.5. The zero-order valence-electron chi connectivity index (χ0n) is 17.5. The molecule has 12 nitrogen and oxygen atoms in total. The largest absolute Gasteiger partial charge is 0.502 e. The maximum Gasteiger partial charge on any atom is 0.408 e. The molecule has 0 fully saturated rings. The second-order valence-electron chi connectivity index (χ2n) is 6.65. The number of amides is 1. The average molecular weight is 482 g/mol. The number of aromatic hydroxyl groups is 1. The molecule has 0 aliphatic carbocycles. The molecule has 0 saturated heterocycles. The van der Waals surface area contributed by atoms with E-state index < -0.39 is 48.3 Å². The Kier molecular flexibility index (Phi) is 9.80. The van der Waals surface area contributed by atoms with E-state index >= 15 is 0 Å². The fourth-order valence-electron chi connectivity index (χ4n) is 2.65. The van der Waals surface area contributed by atoms with Gasteiger partial charge in [-0.3, -0.25) is 14.7 Å². The molecule has 2 rings (SSSR count). The van der Waals surface area contributed by atoms with Crippen molar-refractivity contribution in [3.63, 3.8) is 0 Å². The highest BCUT2D eigenvalue weighted by molar-refractivity contribution is 7.39. The first-order chi connectivity index (χ1) is 15.7. The fraction of sp³-hybridized carbons (Fsp3) is 0.300. The molecule has 13 heteroatoms. The summed E-state index contributed by atoms with van der Waals surface area (Å²) >= 11 is 0. The van der Waals surface area contributed by atoms with Crippen LogP contribution < -0.4 is 5.32 Å². The van der Waals surface area contributed by atoms with E-state index in [2.05, 4.69) is 10.1 Å². The topological polar surface area (TPSA) is 175 Å². The highest BCUT2D eigenvalue weighted by atomic mass is 31.1. The van der Waals surface area contributed by atoms with Crippen molar-refractivity contribution >= 4 is 25.8 Å². The lowest BCUT2D eigenvalue weighted by Gasteiger charge is -2.17. The summed E-state index contributed by atoms with van der Waals surface area (Å²) in [5, 5.41) is 32.8. The van der Waals surface area contributed by atoms with Gasteiger partial charge in [0.15, 0.2) is 11.6 Å². The molecule has 3 N–H and O–H groups in total. The molecule has 0 aliphatic heterocycles. The molecule has 178 valence electrons. The lowest BCUT2D eigenvalue weighted by molar-refractivity contribution is -0.386. The van der Waals surface area contributed by atoms with E-state index in [1.165, 1.54) is 6.07 Å². The number of alkyl carbamates (subject to hydrolysis) is 1. The summed E-state index contributed by atoms with van der Waals surface area (Å²) in [6.07, 6.45) is -1.02. The first-order valence-electron chi connectivity index (χ1n) is 9.60. The van der Waals surface area contributed by atoms with Crippen LogP contribution in [0.15, 0.2) is 48.5 Å². The minimum atomic E-state index is -3.17. The highest BCUT2D eigenvalue weighted by Gasteiger charge is 2.25. The van der Waals surface area contributed by atoms with Gasteiger partial charge >= 0.3 is 17.7 Å². The summed E-state index contributed by atoms with van der Waals surface area (Å²) in [6, 6.07) is 10.7. The maximum absolute atomic E-state index is 12.3. The molecular formula is C20H23N2O10P. The van der Waals surface area contributed by atoms with E-state index in [-0.39, 0.29) is 25.2 Å². The molecule has 3 atom stereocenters. The second-order valence-corrected chi connectivity index (χ2v) is 8.12. The number of nitro benzene ring substituents is 1. The van der Waals surface area contributed by atoms with Gasteiger partial charge in [0.2, 0.25) is 8.03 Å². The van der Waals surface area contributed by atoms with Crippen molar-refractivity contribution in [3.05, 3.63) is 69.8 Å². The third kappa shape index (κ3) is 7.86. The molecule has 0 aromatic heterocycles. The maximum atomic E-state index is 12.3. The number of aliphatic hydroxyl groups excluding tert-OH is 1. The van der Waals surface area contributed by atoms with Crippen LogP contribution >= 0.6 is 8.03 Å². The number of carbonyl (C=O) groups excluding carboxylic acids is 2. The molecule has 0 radical (unpaired) electrons. The Balaban J connectivity index is 1.89. The Morgan fingerprint density at radius 1 is 1.21 bits per heavy atom. The standard InChI is InChI=1S/C20H23N2O10P/c1-30-18(24)15(21-20(26)31-12-13-5-3-2-4-6-13)9-10-32-33(29)19(25)14-7-8-17(23)16(11-14)22(27)28/h2-8,11,15,19,23,25,33H,9-10,12H2,1H3,(H,21,26)/t15-,19?/m0/s1. The minimum Gasteiger partial charge on any atom is -0.502 e. The molecule has 2 aromatic rings. The molecule has 0 bridgehead atoms. The van der Waals surface area contributed by atoms with Crippen molar-refractivity contribution in [3.8, 4) is 5.75 Å². The highest BCUT2D eigenvalue weighted by Crippen LogP contribution is 2.42.